The molecule has 0 amide bonds. The van der Waals surface area contributed by atoms with E-state index in [1.807, 2.05) is 0 Å². The third-order valence-corrected chi connectivity index (χ3v) is 1.05. The largest absolute Gasteiger partial charge is 0.393 e. The van der Waals surface area contributed by atoms with E-state index in [4.69, 9.17) is 10.2 Å². The van der Waals surface area contributed by atoms with Crippen LogP contribution in [0.2, 0.25) is 0 Å². The van der Waals surface area contributed by atoms with E-state index < -0.39 is 6.10 Å². The molecule has 1 aromatic heterocycles. The number of rotatable bonds is 2. The number of H-pyrrole nitrogens is 1. The van der Waals surface area contributed by atoms with Crippen LogP contribution in [0.3, 0.4) is 0 Å². The van der Waals surface area contributed by atoms with Gasteiger partial charge < -0.3 is 10.2 Å². The highest BCUT2D eigenvalue weighted by atomic mass is 16.3. The Kier molecular flexibility index (Phi) is 1.81. The lowest BCUT2D eigenvalue weighted by atomic mass is 10.3. The summed E-state index contributed by atoms with van der Waals surface area (Å²) in [4.78, 5) is 0. The monoisotopic (exact) mass is 128 g/mol. The summed E-state index contributed by atoms with van der Waals surface area (Å²) in [5, 5.41) is 23.4. The standard InChI is InChI=1S/C5H8N2O2/c8-3-5(9)4-1-2-6-7-4/h1-2,5,8-9H,3H2,(H,6,7)/t5-/m1/s1. The summed E-state index contributed by atoms with van der Waals surface area (Å²) in [6.45, 7) is -0.276. The molecular formula is C5H8N2O2. The molecule has 0 spiro atoms. The first-order valence-corrected chi connectivity index (χ1v) is 2.63. The van der Waals surface area contributed by atoms with E-state index >= 15 is 0 Å². The second-order valence-corrected chi connectivity index (χ2v) is 1.71. The van der Waals surface area contributed by atoms with E-state index in [1.165, 1.54) is 6.20 Å². The maximum Gasteiger partial charge on any atom is 0.118 e. The van der Waals surface area contributed by atoms with Crippen LogP contribution < -0.4 is 0 Å². The molecule has 0 bridgehead atoms. The molecule has 0 aliphatic heterocycles. The lowest BCUT2D eigenvalue weighted by molar-refractivity contribution is 0.0922. The molecule has 0 aliphatic carbocycles. The third kappa shape index (κ3) is 1.28. The van der Waals surface area contributed by atoms with Crippen molar-refractivity contribution in [2.45, 2.75) is 6.10 Å². The number of aliphatic hydroxyl groups is 2. The maximum absolute atomic E-state index is 8.90. The zero-order valence-corrected chi connectivity index (χ0v) is 4.78. The number of nitrogens with zero attached hydrogens (tertiary/aromatic N) is 1. The summed E-state index contributed by atoms with van der Waals surface area (Å²) in [6.07, 6.45) is 0.696. The minimum Gasteiger partial charge on any atom is -0.393 e. The molecule has 0 aliphatic rings. The van der Waals surface area contributed by atoms with Gasteiger partial charge in [0.2, 0.25) is 0 Å². The summed E-state index contributed by atoms with van der Waals surface area (Å²) in [6, 6.07) is 1.61. The molecule has 1 aromatic rings. The molecule has 1 atom stereocenters. The van der Waals surface area contributed by atoms with E-state index in [2.05, 4.69) is 10.2 Å². The Morgan fingerprint density at radius 2 is 2.56 bits per heavy atom. The Bertz CT molecular complexity index is 161. The smallest absolute Gasteiger partial charge is 0.118 e. The highest BCUT2D eigenvalue weighted by Gasteiger charge is 2.04. The molecule has 0 saturated carbocycles. The molecule has 50 valence electrons. The van der Waals surface area contributed by atoms with Crippen molar-refractivity contribution in [3.63, 3.8) is 0 Å². The van der Waals surface area contributed by atoms with Gasteiger partial charge in [-0.25, -0.2) is 0 Å². The van der Waals surface area contributed by atoms with Gasteiger partial charge in [0.15, 0.2) is 0 Å². The van der Waals surface area contributed by atoms with Gasteiger partial charge in [0.1, 0.15) is 6.10 Å². The molecule has 0 aromatic carbocycles. The van der Waals surface area contributed by atoms with Crippen LogP contribution in [-0.4, -0.2) is 27.0 Å². The first-order valence-electron chi connectivity index (χ1n) is 2.63. The average molecular weight is 128 g/mol. The fraction of sp³-hybridized carbons (Fsp3) is 0.400. The van der Waals surface area contributed by atoms with Crippen LogP contribution in [0.5, 0.6) is 0 Å². The molecule has 0 radical (unpaired) electrons. The van der Waals surface area contributed by atoms with Gasteiger partial charge >= 0.3 is 0 Å². The minimum absolute atomic E-state index is 0.276. The van der Waals surface area contributed by atoms with E-state index in [1.54, 1.807) is 6.07 Å². The lowest BCUT2D eigenvalue weighted by Crippen LogP contribution is -2.02. The van der Waals surface area contributed by atoms with Crippen molar-refractivity contribution >= 4 is 0 Å². The van der Waals surface area contributed by atoms with Crippen LogP contribution in [0.1, 0.15) is 11.8 Å². The predicted molar refractivity (Wildman–Crippen MR) is 30.6 cm³/mol. The predicted octanol–water partition coefficient (Wildman–Crippen LogP) is -0.565. The normalized spacial score (nSPS) is 13.6. The quantitative estimate of drug-likeness (QED) is 0.500. The van der Waals surface area contributed by atoms with E-state index in [-0.39, 0.29) is 6.61 Å². The van der Waals surface area contributed by atoms with Gasteiger partial charge in [0, 0.05) is 6.20 Å². The van der Waals surface area contributed by atoms with Crippen LogP contribution in [0.25, 0.3) is 0 Å². The summed E-state index contributed by atoms with van der Waals surface area (Å²) >= 11 is 0. The Hall–Kier alpha value is -0.870. The molecule has 4 heteroatoms. The van der Waals surface area contributed by atoms with Gasteiger partial charge in [-0.15, -0.1) is 0 Å². The first kappa shape index (κ1) is 6.25. The van der Waals surface area contributed by atoms with Crippen molar-refractivity contribution in [3.05, 3.63) is 18.0 Å². The molecule has 3 N–H and O–H groups in total. The van der Waals surface area contributed by atoms with Gasteiger partial charge in [0.25, 0.3) is 0 Å². The molecule has 0 unspecified atom stereocenters. The van der Waals surface area contributed by atoms with Gasteiger partial charge in [-0.05, 0) is 6.07 Å². The summed E-state index contributed by atoms with van der Waals surface area (Å²) in [5.41, 5.74) is 0.539. The molecule has 4 nitrogen and oxygen atoms in total. The van der Waals surface area contributed by atoms with Gasteiger partial charge in [-0.1, -0.05) is 0 Å². The Labute approximate surface area is 52.1 Å². The van der Waals surface area contributed by atoms with Crippen molar-refractivity contribution < 1.29 is 10.2 Å². The van der Waals surface area contributed by atoms with Gasteiger partial charge in [-0.2, -0.15) is 5.10 Å². The number of hydrogen-bond acceptors (Lipinski definition) is 3. The minimum atomic E-state index is -0.826. The Morgan fingerprint density at radius 3 is 3.00 bits per heavy atom. The second kappa shape index (κ2) is 2.61. The highest BCUT2D eigenvalue weighted by Crippen LogP contribution is 2.05. The lowest BCUT2D eigenvalue weighted by Gasteiger charge is -2.00. The summed E-state index contributed by atoms with van der Waals surface area (Å²) in [7, 11) is 0. The molecule has 1 rings (SSSR count). The van der Waals surface area contributed by atoms with Crippen molar-refractivity contribution in [3.8, 4) is 0 Å². The highest BCUT2D eigenvalue weighted by molar-refractivity contribution is 5.00. The van der Waals surface area contributed by atoms with Crippen LogP contribution in [0, 0.1) is 0 Å². The summed E-state index contributed by atoms with van der Waals surface area (Å²) < 4.78 is 0. The van der Waals surface area contributed by atoms with E-state index in [0.29, 0.717) is 5.69 Å². The van der Waals surface area contributed by atoms with Crippen LogP contribution in [0.4, 0.5) is 0 Å². The number of nitrogens with one attached hydrogen (secondary N) is 1. The Balaban J connectivity index is 2.65. The number of aliphatic hydroxyl groups excluding tert-OH is 2. The summed E-state index contributed by atoms with van der Waals surface area (Å²) in [5.74, 6) is 0. The average Bonchev–Trinajstić information content (AvgIpc) is 2.37. The zero-order valence-electron chi connectivity index (χ0n) is 4.78. The van der Waals surface area contributed by atoms with Gasteiger partial charge in [0.05, 0.1) is 12.3 Å². The van der Waals surface area contributed by atoms with Crippen LogP contribution in [0.15, 0.2) is 12.3 Å². The molecular weight excluding hydrogens is 120 g/mol. The van der Waals surface area contributed by atoms with Crippen LogP contribution in [-0.2, 0) is 0 Å². The Morgan fingerprint density at radius 1 is 1.78 bits per heavy atom. The number of aromatic nitrogens is 2. The maximum atomic E-state index is 8.90. The molecule has 0 saturated heterocycles. The third-order valence-electron chi connectivity index (χ3n) is 1.05. The zero-order chi connectivity index (χ0) is 6.69. The molecule has 1 heterocycles. The van der Waals surface area contributed by atoms with Gasteiger partial charge in [-0.3, -0.25) is 5.10 Å². The first-order chi connectivity index (χ1) is 4.34. The van der Waals surface area contributed by atoms with E-state index in [9.17, 15) is 0 Å². The number of aromatic amines is 1. The van der Waals surface area contributed by atoms with E-state index in [0.717, 1.165) is 0 Å². The van der Waals surface area contributed by atoms with Crippen LogP contribution >= 0.6 is 0 Å². The fourth-order valence-corrected chi connectivity index (χ4v) is 0.551. The topological polar surface area (TPSA) is 69.1 Å². The van der Waals surface area contributed by atoms with Crippen molar-refractivity contribution in [2.75, 3.05) is 6.61 Å². The SMILES string of the molecule is OC[C@@H](O)c1ccn[nH]1. The second-order valence-electron chi connectivity index (χ2n) is 1.71. The molecule has 9 heavy (non-hydrogen) atoms. The number of hydrogen-bond donors (Lipinski definition) is 3. The van der Waals surface area contributed by atoms with Crippen molar-refractivity contribution in [1.29, 1.82) is 0 Å². The van der Waals surface area contributed by atoms with Crippen molar-refractivity contribution in [1.82, 2.24) is 10.2 Å². The van der Waals surface area contributed by atoms with Crippen molar-refractivity contribution in [2.24, 2.45) is 0 Å². The fourth-order valence-electron chi connectivity index (χ4n) is 0.551. The molecule has 0 fully saturated rings.